The maximum absolute atomic E-state index is 12.6. The van der Waals surface area contributed by atoms with E-state index < -0.39 is 11.9 Å². The molecular weight excluding hydrogens is 472 g/mol. The number of carboxylic acids is 2. The molecular formula is C28H32N4O5. The van der Waals surface area contributed by atoms with Gasteiger partial charge in [0.15, 0.2) is 5.96 Å². The van der Waals surface area contributed by atoms with Crippen LogP contribution < -0.4 is 16.4 Å². The molecule has 0 spiro atoms. The zero-order chi connectivity index (χ0) is 27.4. The van der Waals surface area contributed by atoms with Crippen LogP contribution in [-0.4, -0.2) is 34.0 Å². The molecule has 0 aliphatic carbocycles. The molecule has 0 heterocycles. The number of aliphatic carboxylic acids is 2. The first-order valence-electron chi connectivity index (χ1n) is 11.7. The summed E-state index contributed by atoms with van der Waals surface area (Å²) in [5, 5.41) is 30.1. The van der Waals surface area contributed by atoms with Crippen LogP contribution in [0.3, 0.4) is 0 Å². The van der Waals surface area contributed by atoms with E-state index in [1.54, 1.807) is 30.3 Å². The van der Waals surface area contributed by atoms with E-state index in [1.807, 2.05) is 50.2 Å². The Balaban J connectivity index is 0.000000335. The molecule has 3 rings (SSSR count). The van der Waals surface area contributed by atoms with Crippen molar-refractivity contribution < 1.29 is 24.6 Å². The summed E-state index contributed by atoms with van der Waals surface area (Å²) in [5.74, 6) is -2.16. The Morgan fingerprint density at radius 3 is 1.97 bits per heavy atom. The highest BCUT2D eigenvalue weighted by molar-refractivity contribution is 6.06. The SMILES string of the molecule is Cc1cccc(CCC(=O)O)c1NC(=O)c1cccc(NC(=N)N)c1.Cc1ccccc1CCC(=O)O. The van der Waals surface area contributed by atoms with Gasteiger partial charge in [-0.2, -0.15) is 0 Å². The normalized spacial score (nSPS) is 10.0. The van der Waals surface area contributed by atoms with E-state index in [9.17, 15) is 14.4 Å². The fourth-order valence-corrected chi connectivity index (χ4v) is 3.57. The summed E-state index contributed by atoms with van der Waals surface area (Å²) in [6, 6.07) is 20.0. The van der Waals surface area contributed by atoms with Gasteiger partial charge in [0.05, 0.1) is 0 Å². The number of anilines is 2. The van der Waals surface area contributed by atoms with Crippen molar-refractivity contribution in [1.82, 2.24) is 0 Å². The second-order valence-electron chi connectivity index (χ2n) is 8.40. The maximum Gasteiger partial charge on any atom is 0.303 e. The van der Waals surface area contributed by atoms with Gasteiger partial charge in [0, 0.05) is 29.8 Å². The van der Waals surface area contributed by atoms with Gasteiger partial charge in [0.2, 0.25) is 0 Å². The molecule has 3 aromatic rings. The number of hydrogen-bond donors (Lipinski definition) is 6. The Morgan fingerprint density at radius 2 is 1.35 bits per heavy atom. The van der Waals surface area contributed by atoms with Gasteiger partial charge in [-0.05, 0) is 67.1 Å². The zero-order valence-electron chi connectivity index (χ0n) is 20.9. The zero-order valence-corrected chi connectivity index (χ0v) is 20.9. The number of carbonyl (C=O) groups excluding carboxylic acids is 1. The minimum Gasteiger partial charge on any atom is -0.481 e. The van der Waals surface area contributed by atoms with Crippen LogP contribution in [0.5, 0.6) is 0 Å². The molecule has 194 valence electrons. The number of carboxylic acid groups (broad SMARTS) is 2. The molecule has 0 fully saturated rings. The molecule has 0 saturated heterocycles. The summed E-state index contributed by atoms with van der Waals surface area (Å²) in [6.45, 7) is 3.85. The number of nitrogens with two attached hydrogens (primary N) is 1. The molecule has 7 N–H and O–H groups in total. The Kier molecular flexibility index (Phi) is 10.8. The lowest BCUT2D eigenvalue weighted by Crippen LogP contribution is -2.21. The summed E-state index contributed by atoms with van der Waals surface area (Å²) >= 11 is 0. The molecule has 0 aliphatic rings. The van der Waals surface area contributed by atoms with E-state index in [2.05, 4.69) is 10.6 Å². The topological polar surface area (TPSA) is 166 Å². The van der Waals surface area contributed by atoms with Gasteiger partial charge in [-0.15, -0.1) is 0 Å². The highest BCUT2D eigenvalue weighted by Gasteiger charge is 2.13. The van der Waals surface area contributed by atoms with Gasteiger partial charge >= 0.3 is 11.9 Å². The van der Waals surface area contributed by atoms with E-state index in [0.29, 0.717) is 29.8 Å². The Morgan fingerprint density at radius 1 is 0.784 bits per heavy atom. The summed E-state index contributed by atoms with van der Waals surface area (Å²) in [4.78, 5) is 33.7. The third kappa shape index (κ3) is 9.85. The molecule has 0 radical (unpaired) electrons. The van der Waals surface area contributed by atoms with Crippen LogP contribution in [-0.2, 0) is 22.4 Å². The minimum absolute atomic E-state index is 0.00958. The van der Waals surface area contributed by atoms with Gasteiger partial charge in [-0.25, -0.2) is 0 Å². The van der Waals surface area contributed by atoms with Crippen LogP contribution in [0.1, 0.15) is 45.5 Å². The predicted octanol–water partition coefficient (Wildman–Crippen LogP) is 4.58. The van der Waals surface area contributed by atoms with E-state index in [1.165, 1.54) is 5.56 Å². The number of para-hydroxylation sites is 1. The monoisotopic (exact) mass is 504 g/mol. The highest BCUT2D eigenvalue weighted by Crippen LogP contribution is 2.23. The Hall–Kier alpha value is -4.66. The van der Waals surface area contributed by atoms with Crippen LogP contribution in [0.15, 0.2) is 66.7 Å². The smallest absolute Gasteiger partial charge is 0.303 e. The number of guanidine groups is 1. The van der Waals surface area contributed by atoms with Crippen molar-refractivity contribution in [3.05, 3.63) is 94.5 Å². The molecule has 37 heavy (non-hydrogen) atoms. The molecule has 9 nitrogen and oxygen atoms in total. The summed E-state index contributed by atoms with van der Waals surface area (Å²) in [6.07, 6.45) is 1.16. The number of nitrogens with one attached hydrogen (secondary N) is 3. The van der Waals surface area contributed by atoms with Crippen molar-refractivity contribution in [2.24, 2.45) is 5.73 Å². The van der Waals surface area contributed by atoms with Crippen molar-refractivity contribution in [3.63, 3.8) is 0 Å². The maximum atomic E-state index is 12.6. The lowest BCUT2D eigenvalue weighted by atomic mass is 10.0. The molecule has 3 aromatic carbocycles. The number of rotatable bonds is 9. The van der Waals surface area contributed by atoms with Crippen LogP contribution in [0.4, 0.5) is 11.4 Å². The first-order valence-corrected chi connectivity index (χ1v) is 11.7. The van der Waals surface area contributed by atoms with E-state index in [4.69, 9.17) is 21.4 Å². The van der Waals surface area contributed by atoms with Crippen LogP contribution in [0.25, 0.3) is 0 Å². The van der Waals surface area contributed by atoms with Crippen molar-refractivity contribution in [3.8, 4) is 0 Å². The average molecular weight is 505 g/mol. The molecule has 0 unspecified atom stereocenters. The van der Waals surface area contributed by atoms with Crippen LogP contribution in [0.2, 0.25) is 0 Å². The fraction of sp³-hybridized carbons (Fsp3) is 0.214. The first-order chi connectivity index (χ1) is 17.6. The van der Waals surface area contributed by atoms with Gasteiger partial charge in [0.25, 0.3) is 5.91 Å². The number of aryl methyl sites for hydroxylation is 4. The van der Waals surface area contributed by atoms with Gasteiger partial charge in [0.1, 0.15) is 0 Å². The molecule has 0 saturated carbocycles. The van der Waals surface area contributed by atoms with Gasteiger partial charge in [-0.3, -0.25) is 19.8 Å². The van der Waals surface area contributed by atoms with Crippen molar-refractivity contribution in [1.29, 1.82) is 5.41 Å². The van der Waals surface area contributed by atoms with Gasteiger partial charge < -0.3 is 26.6 Å². The van der Waals surface area contributed by atoms with Crippen LogP contribution >= 0.6 is 0 Å². The lowest BCUT2D eigenvalue weighted by Gasteiger charge is -2.14. The van der Waals surface area contributed by atoms with Crippen molar-refractivity contribution in [2.45, 2.75) is 39.5 Å². The molecule has 0 aromatic heterocycles. The summed E-state index contributed by atoms with van der Waals surface area (Å²) < 4.78 is 0. The fourth-order valence-electron chi connectivity index (χ4n) is 3.57. The van der Waals surface area contributed by atoms with Crippen LogP contribution in [0, 0.1) is 19.3 Å². The number of hydrogen-bond acceptors (Lipinski definition) is 4. The minimum atomic E-state index is -0.887. The second kappa shape index (κ2) is 14.0. The predicted molar refractivity (Wildman–Crippen MR) is 144 cm³/mol. The Labute approximate surface area is 215 Å². The van der Waals surface area contributed by atoms with E-state index >= 15 is 0 Å². The van der Waals surface area contributed by atoms with E-state index in [0.717, 1.165) is 16.7 Å². The standard InChI is InChI=1S/C18H20N4O3.C10H12O2/c1-11-4-2-5-12(8-9-15(23)24)16(11)22-17(25)13-6-3-7-14(10-13)21-18(19)20;1-8-4-2-3-5-9(8)6-7-10(11)12/h2-7,10H,8-9H2,1H3,(H,22,25)(H,23,24)(H4,19,20,21);2-5H,6-7H2,1H3,(H,11,12). The quantitative estimate of drug-likeness (QED) is 0.183. The largest absolute Gasteiger partial charge is 0.481 e. The average Bonchev–Trinajstić information content (AvgIpc) is 2.84. The summed E-state index contributed by atoms with van der Waals surface area (Å²) in [7, 11) is 0. The van der Waals surface area contributed by atoms with E-state index in [-0.39, 0.29) is 24.7 Å². The third-order valence-electron chi connectivity index (χ3n) is 5.48. The van der Waals surface area contributed by atoms with Crippen molar-refractivity contribution in [2.75, 3.05) is 10.6 Å². The third-order valence-corrected chi connectivity index (χ3v) is 5.48. The molecule has 0 aliphatic heterocycles. The van der Waals surface area contributed by atoms with Crippen molar-refractivity contribution >= 4 is 35.2 Å². The molecule has 1 amide bonds. The lowest BCUT2D eigenvalue weighted by molar-refractivity contribution is -0.138. The molecule has 0 bridgehead atoms. The number of amides is 1. The Bertz CT molecular complexity index is 1270. The summed E-state index contributed by atoms with van der Waals surface area (Å²) in [5.41, 5.74) is 10.8. The molecule has 9 heteroatoms. The number of benzene rings is 3. The van der Waals surface area contributed by atoms with Gasteiger partial charge in [-0.1, -0.05) is 48.5 Å². The second-order valence-corrected chi connectivity index (χ2v) is 8.40. The highest BCUT2D eigenvalue weighted by atomic mass is 16.4. The first kappa shape index (κ1) is 28.6. The number of carbonyl (C=O) groups is 3. The molecule has 0 atom stereocenters.